The average molecular weight is 500 g/mol. The van der Waals surface area contributed by atoms with E-state index in [4.69, 9.17) is 15.5 Å². The van der Waals surface area contributed by atoms with E-state index in [1.807, 2.05) is 6.08 Å². The molecule has 0 spiro atoms. The fourth-order valence-electron chi connectivity index (χ4n) is 3.50. The maximum atomic E-state index is 11.0. The lowest BCUT2D eigenvalue weighted by atomic mass is 10.1. The molecule has 0 aliphatic carbocycles. The molecule has 2 atom stereocenters. The summed E-state index contributed by atoms with van der Waals surface area (Å²) >= 11 is 0. The van der Waals surface area contributed by atoms with E-state index in [1.54, 1.807) is 12.1 Å². The number of non-ortho nitro benzene ring substituents is 1. The lowest BCUT2D eigenvalue weighted by Crippen LogP contribution is -2.34. The van der Waals surface area contributed by atoms with Gasteiger partial charge in [-0.25, -0.2) is 4.63 Å². The highest BCUT2D eigenvalue weighted by atomic mass is 31.2. The molecule has 0 saturated heterocycles. The van der Waals surface area contributed by atoms with Gasteiger partial charge in [0.25, 0.3) is 0 Å². The number of benzene rings is 1. The van der Waals surface area contributed by atoms with Crippen LogP contribution in [0, 0.1) is 10.1 Å². The highest BCUT2D eigenvalue weighted by Crippen LogP contribution is 2.35. The number of fused-ring (bicyclic) bond motifs is 1. The molecule has 1 aromatic heterocycles. The van der Waals surface area contributed by atoms with Crippen molar-refractivity contribution in [1.82, 2.24) is 10.3 Å². The molecule has 1 heterocycles. The van der Waals surface area contributed by atoms with Crippen molar-refractivity contribution >= 4 is 30.0 Å². The predicted octanol–water partition coefficient (Wildman–Crippen LogP) is 3.48. The van der Waals surface area contributed by atoms with Crippen LogP contribution in [0.4, 0.5) is 11.4 Å². The van der Waals surface area contributed by atoms with Gasteiger partial charge in [-0.15, -0.1) is 0 Å². The van der Waals surface area contributed by atoms with Crippen LogP contribution in [-0.2, 0) is 4.57 Å². The summed E-state index contributed by atoms with van der Waals surface area (Å²) in [5, 5.41) is 31.5. The number of nitro groups is 1. The quantitative estimate of drug-likeness (QED) is 0.0702. The number of allylic oxidation sites excluding steroid dienone is 1. The van der Waals surface area contributed by atoms with Crippen molar-refractivity contribution in [2.45, 2.75) is 69.9 Å². The third-order valence-corrected chi connectivity index (χ3v) is 6.32. The first-order chi connectivity index (χ1) is 16.2. The lowest BCUT2D eigenvalue weighted by molar-refractivity contribution is -0.383. The van der Waals surface area contributed by atoms with Gasteiger partial charge in [-0.3, -0.25) is 14.7 Å². The minimum absolute atomic E-state index is 0.0704. The Hall–Kier alpha value is -2.37. The highest BCUT2D eigenvalue weighted by molar-refractivity contribution is 7.51. The summed E-state index contributed by atoms with van der Waals surface area (Å²) < 4.78 is 15.5. The van der Waals surface area contributed by atoms with Crippen LogP contribution in [0.25, 0.3) is 11.0 Å². The van der Waals surface area contributed by atoms with E-state index in [0.29, 0.717) is 11.2 Å². The topological polar surface area (TPSA) is 198 Å². The normalized spacial score (nSPS) is 14.0. The third kappa shape index (κ3) is 9.86. The smallest absolute Gasteiger partial charge is 0.325 e. The van der Waals surface area contributed by atoms with E-state index < -0.39 is 24.7 Å². The molecule has 0 saturated carbocycles. The van der Waals surface area contributed by atoms with Crippen molar-refractivity contribution in [3.8, 4) is 0 Å². The van der Waals surface area contributed by atoms with Crippen LogP contribution < -0.4 is 11.1 Å². The van der Waals surface area contributed by atoms with Crippen molar-refractivity contribution in [1.29, 1.82) is 0 Å². The third-order valence-electron chi connectivity index (χ3n) is 5.48. The van der Waals surface area contributed by atoms with Crippen LogP contribution in [0.1, 0.15) is 57.8 Å². The number of hydrogen-bond acceptors (Lipinski definition) is 9. The van der Waals surface area contributed by atoms with Crippen molar-refractivity contribution in [3.63, 3.8) is 0 Å². The van der Waals surface area contributed by atoms with Crippen LogP contribution in [0.2, 0.25) is 0 Å². The van der Waals surface area contributed by atoms with Crippen LogP contribution >= 0.6 is 7.60 Å². The standard InChI is InChI=1S/C21H34N5O7P/c22-16(13-15-34(30,31)32)19(27)10-8-6-4-2-1-3-5-7-9-14-23-17-11-12-18(26(28)29)21-20(17)24-33-25-21/h8,10-12,16,19,23,27H,1-7,9,13-15,22H2,(H2,30,31,32)/b10-8+/t16-,19-/m1/s1. The zero-order valence-electron chi connectivity index (χ0n) is 19.1. The van der Waals surface area contributed by atoms with Gasteiger partial charge in [-0.2, -0.15) is 0 Å². The molecule has 6 N–H and O–H groups in total. The number of unbranched alkanes of at least 4 members (excludes halogenated alkanes) is 7. The Bertz CT molecular complexity index is 978. The Kier molecular flexibility index (Phi) is 11.6. The molecular weight excluding hydrogens is 465 g/mol. The lowest BCUT2D eigenvalue weighted by Gasteiger charge is -2.15. The summed E-state index contributed by atoms with van der Waals surface area (Å²) in [6, 6.07) is 2.33. The molecule has 190 valence electrons. The van der Waals surface area contributed by atoms with Crippen LogP contribution in [0.15, 0.2) is 28.9 Å². The largest absolute Gasteiger partial charge is 0.387 e. The maximum absolute atomic E-state index is 11.0. The van der Waals surface area contributed by atoms with Gasteiger partial charge >= 0.3 is 13.3 Å². The molecule has 0 radical (unpaired) electrons. The summed E-state index contributed by atoms with van der Waals surface area (Å²) in [4.78, 5) is 28.2. The molecule has 0 bridgehead atoms. The van der Waals surface area contributed by atoms with Crippen LogP contribution in [0.3, 0.4) is 0 Å². The Morgan fingerprint density at radius 1 is 1.12 bits per heavy atom. The molecule has 2 aromatic rings. The van der Waals surface area contributed by atoms with Crippen molar-refractivity contribution in [2.24, 2.45) is 5.73 Å². The number of nitrogens with two attached hydrogens (primary N) is 1. The molecule has 2 rings (SSSR count). The van der Waals surface area contributed by atoms with Gasteiger partial charge in [-0.1, -0.05) is 44.3 Å². The zero-order chi connectivity index (χ0) is 25.0. The fourth-order valence-corrected chi connectivity index (χ4v) is 4.14. The number of hydrogen-bond donors (Lipinski definition) is 5. The van der Waals surface area contributed by atoms with Crippen molar-refractivity contribution in [3.05, 3.63) is 34.4 Å². The van der Waals surface area contributed by atoms with Crippen LogP contribution in [-0.4, -0.2) is 55.0 Å². The molecule has 13 heteroatoms. The molecule has 34 heavy (non-hydrogen) atoms. The number of anilines is 1. The van der Waals surface area contributed by atoms with Gasteiger partial charge in [0.15, 0.2) is 5.52 Å². The Morgan fingerprint density at radius 2 is 1.76 bits per heavy atom. The number of nitrogens with one attached hydrogen (secondary N) is 1. The van der Waals surface area contributed by atoms with E-state index in [1.165, 1.54) is 6.07 Å². The Balaban J connectivity index is 1.50. The number of nitro benzene ring substituents is 1. The Morgan fingerprint density at radius 3 is 2.44 bits per heavy atom. The predicted molar refractivity (Wildman–Crippen MR) is 129 cm³/mol. The number of rotatable bonds is 17. The number of nitrogens with zero attached hydrogens (tertiary/aromatic N) is 3. The monoisotopic (exact) mass is 499 g/mol. The molecule has 0 aliphatic rings. The van der Waals surface area contributed by atoms with E-state index in [9.17, 15) is 19.8 Å². The molecule has 0 fully saturated rings. The zero-order valence-corrected chi connectivity index (χ0v) is 20.0. The second kappa shape index (κ2) is 14.1. The maximum Gasteiger partial charge on any atom is 0.325 e. The summed E-state index contributed by atoms with van der Waals surface area (Å²) in [5.74, 6) is 0. The van der Waals surface area contributed by atoms with E-state index in [0.717, 1.165) is 57.9 Å². The number of aromatic nitrogens is 2. The van der Waals surface area contributed by atoms with Gasteiger partial charge in [0.2, 0.25) is 5.52 Å². The van der Waals surface area contributed by atoms with Gasteiger partial charge < -0.3 is 25.9 Å². The molecule has 1 aromatic carbocycles. The van der Waals surface area contributed by atoms with E-state index >= 15 is 0 Å². The Labute approximate surface area is 197 Å². The summed E-state index contributed by atoms with van der Waals surface area (Å²) in [5.41, 5.74) is 6.78. The van der Waals surface area contributed by atoms with Gasteiger partial charge in [0, 0.05) is 18.7 Å². The van der Waals surface area contributed by atoms with Gasteiger partial charge in [0.1, 0.15) is 0 Å². The first-order valence-corrected chi connectivity index (χ1v) is 13.3. The SMILES string of the molecule is N[C@H](CCP(=O)(O)O)[C@H](O)/C=C/CCCCCCCCCNc1ccc([N+](=O)[O-])c2nonc12. The first-order valence-electron chi connectivity index (χ1n) is 11.5. The number of aliphatic hydroxyl groups is 1. The summed E-state index contributed by atoms with van der Waals surface area (Å²) in [6.07, 6.45) is 10.6. The fraction of sp³-hybridized carbons (Fsp3) is 0.619. The van der Waals surface area contributed by atoms with Crippen molar-refractivity contribution < 1.29 is 29.0 Å². The molecule has 12 nitrogen and oxygen atoms in total. The molecule has 0 unspecified atom stereocenters. The average Bonchev–Trinajstić information content (AvgIpc) is 3.27. The van der Waals surface area contributed by atoms with E-state index in [-0.39, 0.29) is 23.8 Å². The summed E-state index contributed by atoms with van der Waals surface area (Å²) in [6.45, 7) is 0.725. The van der Waals surface area contributed by atoms with E-state index in [2.05, 4.69) is 20.3 Å². The second-order valence-corrected chi connectivity index (χ2v) is 10.1. The minimum atomic E-state index is -4.09. The molecular formula is C21H34N5O7P. The van der Waals surface area contributed by atoms with Gasteiger partial charge in [-0.05, 0) is 42.1 Å². The summed E-state index contributed by atoms with van der Waals surface area (Å²) in [7, 11) is -4.09. The van der Waals surface area contributed by atoms with Crippen molar-refractivity contribution in [2.75, 3.05) is 18.0 Å². The number of aliphatic hydroxyl groups excluding tert-OH is 1. The minimum Gasteiger partial charge on any atom is -0.387 e. The van der Waals surface area contributed by atoms with Gasteiger partial charge in [0.05, 0.1) is 22.9 Å². The first kappa shape index (κ1) is 27.9. The second-order valence-electron chi connectivity index (χ2n) is 8.30. The van der Waals surface area contributed by atoms with Crippen LogP contribution in [0.5, 0.6) is 0 Å². The highest BCUT2D eigenvalue weighted by Gasteiger charge is 2.20. The molecule has 0 aliphatic heterocycles. The molecule has 0 amide bonds.